The Balaban J connectivity index is 1.81. The fraction of sp³-hybridized carbons (Fsp3) is 0.333. The van der Waals surface area contributed by atoms with Gasteiger partial charge in [-0.05, 0) is 44.8 Å². The van der Waals surface area contributed by atoms with E-state index in [1.54, 1.807) is 18.2 Å². The number of likely N-dealkylation sites (N-methyl/N-ethyl adjacent to an activating group) is 1. The van der Waals surface area contributed by atoms with E-state index in [9.17, 15) is 14.7 Å². The summed E-state index contributed by atoms with van der Waals surface area (Å²) in [4.78, 5) is 29.4. The minimum Gasteiger partial charge on any atom is -0.507 e. The summed E-state index contributed by atoms with van der Waals surface area (Å²) < 4.78 is 11.1. The van der Waals surface area contributed by atoms with E-state index in [-0.39, 0.29) is 11.3 Å². The van der Waals surface area contributed by atoms with Crippen molar-refractivity contribution in [2.75, 3.05) is 40.4 Å². The Hall–Kier alpha value is -3.32. The number of rotatable bonds is 5. The Labute approximate surface area is 181 Å². The Morgan fingerprint density at radius 2 is 1.74 bits per heavy atom. The smallest absolute Gasteiger partial charge is 0.295 e. The maximum atomic E-state index is 13.0. The summed E-state index contributed by atoms with van der Waals surface area (Å²) in [5.74, 6) is -0.412. The van der Waals surface area contributed by atoms with Crippen molar-refractivity contribution in [2.24, 2.45) is 0 Å². The molecule has 7 nitrogen and oxygen atoms in total. The highest BCUT2D eigenvalue weighted by Gasteiger charge is 2.45. The van der Waals surface area contributed by atoms with Crippen LogP contribution in [0.15, 0.2) is 48.0 Å². The molecule has 0 bridgehead atoms. The van der Waals surface area contributed by atoms with Gasteiger partial charge in [0.25, 0.3) is 11.7 Å². The molecule has 7 heteroatoms. The van der Waals surface area contributed by atoms with Crippen molar-refractivity contribution in [3.8, 4) is 11.5 Å². The number of amides is 1. The van der Waals surface area contributed by atoms with Crippen LogP contribution in [0.2, 0.25) is 0 Å². The molecule has 0 saturated carbocycles. The third kappa shape index (κ3) is 4.01. The van der Waals surface area contributed by atoms with Gasteiger partial charge in [0, 0.05) is 18.7 Å². The van der Waals surface area contributed by atoms with Crippen molar-refractivity contribution in [1.29, 1.82) is 0 Å². The van der Waals surface area contributed by atoms with Gasteiger partial charge >= 0.3 is 0 Å². The first kappa shape index (κ1) is 20.9. The predicted molar refractivity (Wildman–Crippen MR) is 116 cm³/mol. The first-order valence-electron chi connectivity index (χ1n) is 10.3. The number of ether oxygens (including phenoxy) is 2. The van der Waals surface area contributed by atoms with E-state index >= 15 is 0 Å². The second-order valence-corrected chi connectivity index (χ2v) is 8.06. The van der Waals surface area contributed by atoms with Gasteiger partial charge < -0.3 is 24.4 Å². The van der Waals surface area contributed by atoms with Crippen molar-refractivity contribution in [3.05, 3.63) is 64.7 Å². The average Bonchev–Trinajstić information content (AvgIpc) is 3.02. The summed E-state index contributed by atoms with van der Waals surface area (Å²) in [5, 5.41) is 11.2. The van der Waals surface area contributed by atoms with Gasteiger partial charge in [-0.3, -0.25) is 9.59 Å². The van der Waals surface area contributed by atoms with Gasteiger partial charge in [-0.1, -0.05) is 29.8 Å². The number of carbonyl (C=O) groups excluding carboxylic acids is 2. The van der Waals surface area contributed by atoms with Crippen LogP contribution in [0, 0.1) is 6.92 Å². The standard InChI is InChI=1S/C24H26N2O5/c1-15-4-6-16(7-5-15)21-20(23(28)24(29)26(21)11-10-25(2)3)22(27)17-8-9-18-19(14-17)31-13-12-30-18/h4-9,14,21,27H,10-13H2,1-3H3/t21-/m1/s1. The lowest BCUT2D eigenvalue weighted by molar-refractivity contribution is -0.140. The van der Waals surface area contributed by atoms with Crippen molar-refractivity contribution in [1.82, 2.24) is 9.80 Å². The number of carbonyl (C=O) groups is 2. The van der Waals surface area contributed by atoms with Crippen LogP contribution in [0.1, 0.15) is 22.7 Å². The number of benzene rings is 2. The molecule has 1 fully saturated rings. The molecular formula is C24H26N2O5. The zero-order chi connectivity index (χ0) is 22.1. The number of fused-ring (bicyclic) bond motifs is 1. The molecule has 2 heterocycles. The summed E-state index contributed by atoms with van der Waals surface area (Å²) in [6.07, 6.45) is 0. The van der Waals surface area contributed by atoms with Crippen LogP contribution in [-0.4, -0.2) is 67.0 Å². The van der Waals surface area contributed by atoms with E-state index in [1.165, 1.54) is 4.90 Å². The van der Waals surface area contributed by atoms with Gasteiger partial charge in [0.2, 0.25) is 0 Å². The fourth-order valence-corrected chi connectivity index (χ4v) is 3.86. The number of hydrogen-bond donors (Lipinski definition) is 1. The van der Waals surface area contributed by atoms with E-state index in [0.717, 1.165) is 11.1 Å². The topological polar surface area (TPSA) is 79.3 Å². The van der Waals surface area contributed by atoms with E-state index in [1.807, 2.05) is 50.2 Å². The third-order valence-electron chi connectivity index (χ3n) is 5.54. The lowest BCUT2D eigenvalue weighted by atomic mass is 9.94. The Kier molecular flexibility index (Phi) is 5.69. The number of aliphatic hydroxyl groups is 1. The lowest BCUT2D eigenvalue weighted by Gasteiger charge is -2.26. The molecule has 4 rings (SSSR count). The van der Waals surface area contributed by atoms with Crippen LogP contribution in [-0.2, 0) is 9.59 Å². The molecule has 0 aromatic heterocycles. The van der Waals surface area contributed by atoms with Gasteiger partial charge in [0.15, 0.2) is 11.5 Å². The zero-order valence-corrected chi connectivity index (χ0v) is 17.9. The summed E-state index contributed by atoms with van der Waals surface area (Å²) in [6.45, 7) is 3.81. The van der Waals surface area contributed by atoms with Crippen LogP contribution < -0.4 is 9.47 Å². The van der Waals surface area contributed by atoms with Crippen LogP contribution >= 0.6 is 0 Å². The van der Waals surface area contributed by atoms with Crippen molar-refractivity contribution in [2.45, 2.75) is 13.0 Å². The second-order valence-electron chi connectivity index (χ2n) is 8.06. The van der Waals surface area contributed by atoms with E-state index in [2.05, 4.69) is 0 Å². The highest BCUT2D eigenvalue weighted by Crippen LogP contribution is 2.41. The number of aliphatic hydroxyl groups excluding tert-OH is 1. The quantitative estimate of drug-likeness (QED) is 0.454. The first-order valence-corrected chi connectivity index (χ1v) is 10.3. The third-order valence-corrected chi connectivity index (χ3v) is 5.54. The molecule has 1 atom stereocenters. The molecule has 162 valence electrons. The normalized spacial score (nSPS) is 19.9. The molecule has 2 aliphatic heterocycles. The molecule has 1 saturated heterocycles. The summed E-state index contributed by atoms with van der Waals surface area (Å²) >= 11 is 0. The van der Waals surface area contributed by atoms with Gasteiger partial charge in [0.1, 0.15) is 19.0 Å². The van der Waals surface area contributed by atoms with Crippen LogP contribution in [0.3, 0.4) is 0 Å². The Morgan fingerprint density at radius 3 is 2.42 bits per heavy atom. The van der Waals surface area contributed by atoms with Gasteiger partial charge in [-0.15, -0.1) is 0 Å². The lowest BCUT2D eigenvalue weighted by Crippen LogP contribution is -2.35. The number of likely N-dealkylation sites (tertiary alicyclic amines) is 1. The molecular weight excluding hydrogens is 396 g/mol. The summed E-state index contributed by atoms with van der Waals surface area (Å²) in [6, 6.07) is 12.0. The SMILES string of the molecule is Cc1ccc([C@@H]2C(=C(O)c3ccc4c(c3)OCCO4)C(=O)C(=O)N2CCN(C)C)cc1. The Morgan fingerprint density at radius 1 is 1.06 bits per heavy atom. The molecule has 2 aliphatic rings. The van der Waals surface area contributed by atoms with Crippen LogP contribution in [0.4, 0.5) is 0 Å². The van der Waals surface area contributed by atoms with Crippen molar-refractivity contribution >= 4 is 17.4 Å². The number of Topliss-reactive ketones (excluding diaryl/α,β-unsaturated/α-hetero) is 1. The van der Waals surface area contributed by atoms with Crippen LogP contribution in [0.25, 0.3) is 5.76 Å². The monoisotopic (exact) mass is 422 g/mol. The average molecular weight is 422 g/mol. The predicted octanol–water partition coefficient (Wildman–Crippen LogP) is 2.75. The van der Waals surface area contributed by atoms with E-state index in [0.29, 0.717) is 43.4 Å². The van der Waals surface area contributed by atoms with Gasteiger partial charge in [-0.2, -0.15) is 0 Å². The minimum absolute atomic E-state index is 0.0873. The second kappa shape index (κ2) is 8.43. The Bertz CT molecular complexity index is 1040. The number of ketones is 1. The highest BCUT2D eigenvalue weighted by molar-refractivity contribution is 6.46. The first-order chi connectivity index (χ1) is 14.9. The summed E-state index contributed by atoms with van der Waals surface area (Å²) in [7, 11) is 3.82. The number of aryl methyl sites for hydroxylation is 1. The van der Waals surface area contributed by atoms with Crippen molar-refractivity contribution in [3.63, 3.8) is 0 Å². The zero-order valence-electron chi connectivity index (χ0n) is 17.9. The highest BCUT2D eigenvalue weighted by atomic mass is 16.6. The molecule has 1 N–H and O–H groups in total. The molecule has 2 aromatic rings. The molecule has 2 aromatic carbocycles. The van der Waals surface area contributed by atoms with E-state index in [4.69, 9.17) is 9.47 Å². The van der Waals surface area contributed by atoms with Crippen LogP contribution in [0.5, 0.6) is 11.5 Å². The maximum absolute atomic E-state index is 13.0. The summed E-state index contributed by atoms with van der Waals surface area (Å²) in [5.41, 5.74) is 2.35. The fourth-order valence-electron chi connectivity index (χ4n) is 3.86. The van der Waals surface area contributed by atoms with Gasteiger partial charge in [0.05, 0.1) is 11.6 Å². The molecule has 0 unspecified atom stereocenters. The minimum atomic E-state index is -0.684. The number of nitrogens with zero attached hydrogens (tertiary/aromatic N) is 2. The largest absolute Gasteiger partial charge is 0.507 e. The maximum Gasteiger partial charge on any atom is 0.295 e. The molecule has 0 spiro atoms. The molecule has 0 aliphatic carbocycles. The van der Waals surface area contributed by atoms with Crippen molar-refractivity contribution < 1.29 is 24.2 Å². The molecule has 31 heavy (non-hydrogen) atoms. The molecule has 1 amide bonds. The number of hydrogen-bond acceptors (Lipinski definition) is 6. The van der Waals surface area contributed by atoms with E-state index < -0.39 is 17.7 Å². The molecule has 0 radical (unpaired) electrons. The van der Waals surface area contributed by atoms with Gasteiger partial charge in [-0.25, -0.2) is 0 Å².